The molecular weight excluding hydrogens is 342 g/mol. The van der Waals surface area contributed by atoms with E-state index in [-0.39, 0.29) is 5.91 Å². The van der Waals surface area contributed by atoms with Crippen molar-refractivity contribution in [3.8, 4) is 0 Å². The predicted octanol–water partition coefficient (Wildman–Crippen LogP) is 1.22. The minimum Gasteiger partial charge on any atom is -0.379 e. The van der Waals surface area contributed by atoms with Gasteiger partial charge in [0.25, 0.3) is 5.91 Å². The molecule has 0 unspecified atom stereocenters. The first kappa shape index (κ1) is 19.3. The quantitative estimate of drug-likeness (QED) is 0.754. The van der Waals surface area contributed by atoms with Crippen LogP contribution in [0.3, 0.4) is 0 Å². The number of hydrogen-bond donors (Lipinski definition) is 1. The van der Waals surface area contributed by atoms with Gasteiger partial charge in [-0.25, -0.2) is 4.98 Å². The number of nitrogens with zero attached hydrogens (tertiary/aromatic N) is 4. The Kier molecular flexibility index (Phi) is 7.12. The van der Waals surface area contributed by atoms with Gasteiger partial charge < -0.3 is 15.0 Å². The van der Waals surface area contributed by atoms with E-state index in [0.29, 0.717) is 12.2 Å². The Morgan fingerprint density at radius 1 is 1.22 bits per heavy atom. The lowest BCUT2D eigenvalue weighted by Gasteiger charge is -2.26. The monoisotopic (exact) mass is 369 g/mol. The molecule has 1 N–H and O–H groups in total. The van der Waals surface area contributed by atoms with Gasteiger partial charge >= 0.3 is 0 Å². The SMILES string of the molecule is CN(CCc1ccncc1)c1ccc(C(=O)NCCN2CCOCC2)nc1. The third-order valence-electron chi connectivity index (χ3n) is 4.72. The second-order valence-corrected chi connectivity index (χ2v) is 6.64. The summed E-state index contributed by atoms with van der Waals surface area (Å²) in [5, 5.41) is 2.94. The van der Waals surface area contributed by atoms with Crippen molar-refractivity contribution in [2.75, 3.05) is 57.9 Å². The Balaban J connectivity index is 1.43. The summed E-state index contributed by atoms with van der Waals surface area (Å²) in [6, 6.07) is 7.77. The number of rotatable bonds is 8. The standard InChI is InChI=1S/C20H27N5O2/c1-24(10-6-17-4-7-21-8-5-17)18-2-3-19(23-16-18)20(26)22-9-11-25-12-14-27-15-13-25/h2-5,7-8,16H,6,9-15H2,1H3,(H,22,26). The number of carbonyl (C=O) groups excluding carboxylic acids is 1. The first-order valence-electron chi connectivity index (χ1n) is 9.37. The van der Waals surface area contributed by atoms with Gasteiger partial charge in [0, 0.05) is 52.2 Å². The minimum atomic E-state index is -0.130. The normalized spacial score (nSPS) is 14.7. The molecule has 27 heavy (non-hydrogen) atoms. The van der Waals surface area contributed by atoms with Crippen LogP contribution in [-0.4, -0.2) is 73.8 Å². The van der Waals surface area contributed by atoms with Crippen LogP contribution >= 0.6 is 0 Å². The van der Waals surface area contributed by atoms with Gasteiger partial charge in [0.2, 0.25) is 0 Å². The number of carbonyl (C=O) groups is 1. The van der Waals surface area contributed by atoms with Gasteiger partial charge in [-0.1, -0.05) is 0 Å². The summed E-state index contributed by atoms with van der Waals surface area (Å²) in [5.74, 6) is -0.130. The van der Waals surface area contributed by atoms with Crippen LogP contribution in [0.15, 0.2) is 42.9 Å². The molecule has 1 aliphatic rings. The number of nitrogens with one attached hydrogen (secondary N) is 1. The van der Waals surface area contributed by atoms with Gasteiger partial charge in [0.15, 0.2) is 0 Å². The van der Waals surface area contributed by atoms with Crippen molar-refractivity contribution in [3.63, 3.8) is 0 Å². The molecule has 0 radical (unpaired) electrons. The molecule has 144 valence electrons. The summed E-state index contributed by atoms with van der Waals surface area (Å²) in [6.07, 6.45) is 6.30. The molecule has 0 aliphatic carbocycles. The molecule has 0 aromatic carbocycles. The molecule has 3 heterocycles. The van der Waals surface area contributed by atoms with Gasteiger partial charge in [-0.05, 0) is 36.2 Å². The number of pyridine rings is 2. The molecule has 2 aromatic heterocycles. The Bertz CT molecular complexity index is 702. The van der Waals surface area contributed by atoms with Gasteiger partial charge in [-0.2, -0.15) is 0 Å². The number of aromatic nitrogens is 2. The molecule has 0 bridgehead atoms. The average molecular weight is 369 g/mol. The number of amides is 1. The summed E-state index contributed by atoms with van der Waals surface area (Å²) < 4.78 is 5.32. The molecule has 0 atom stereocenters. The topological polar surface area (TPSA) is 70.6 Å². The molecule has 7 nitrogen and oxygen atoms in total. The van der Waals surface area contributed by atoms with Crippen molar-refractivity contribution in [2.24, 2.45) is 0 Å². The predicted molar refractivity (Wildman–Crippen MR) is 105 cm³/mol. The van der Waals surface area contributed by atoms with Crippen molar-refractivity contribution < 1.29 is 9.53 Å². The fourth-order valence-electron chi connectivity index (χ4n) is 2.96. The summed E-state index contributed by atoms with van der Waals surface area (Å²) in [6.45, 7) is 5.72. The Labute approximate surface area is 160 Å². The molecule has 1 fully saturated rings. The zero-order chi connectivity index (χ0) is 18.9. The van der Waals surface area contributed by atoms with Gasteiger partial charge in [0.05, 0.1) is 25.1 Å². The number of anilines is 1. The maximum atomic E-state index is 12.2. The molecule has 2 aromatic rings. The van der Waals surface area contributed by atoms with Crippen molar-refractivity contribution >= 4 is 11.6 Å². The molecule has 1 saturated heterocycles. The Hall–Kier alpha value is -2.51. The van der Waals surface area contributed by atoms with E-state index < -0.39 is 0 Å². The molecular formula is C20H27N5O2. The summed E-state index contributed by atoms with van der Waals surface area (Å²) in [4.78, 5) is 25.0. The lowest BCUT2D eigenvalue weighted by Crippen LogP contribution is -2.41. The third kappa shape index (κ3) is 6.01. The first-order valence-corrected chi connectivity index (χ1v) is 9.37. The van der Waals surface area contributed by atoms with Crippen LogP contribution in [0.2, 0.25) is 0 Å². The van der Waals surface area contributed by atoms with E-state index in [1.165, 1.54) is 5.56 Å². The highest BCUT2D eigenvalue weighted by molar-refractivity contribution is 5.92. The van der Waals surface area contributed by atoms with E-state index in [1.807, 2.05) is 37.6 Å². The zero-order valence-corrected chi connectivity index (χ0v) is 15.8. The third-order valence-corrected chi connectivity index (χ3v) is 4.72. The lowest BCUT2D eigenvalue weighted by atomic mass is 10.2. The fraction of sp³-hybridized carbons (Fsp3) is 0.450. The lowest BCUT2D eigenvalue weighted by molar-refractivity contribution is 0.0383. The molecule has 1 amide bonds. The van der Waals surface area contributed by atoms with Crippen LogP contribution in [0.4, 0.5) is 5.69 Å². The second-order valence-electron chi connectivity index (χ2n) is 6.64. The van der Waals surface area contributed by atoms with E-state index in [4.69, 9.17) is 4.74 Å². The highest BCUT2D eigenvalue weighted by atomic mass is 16.5. The van der Waals surface area contributed by atoms with E-state index >= 15 is 0 Å². The molecule has 0 saturated carbocycles. The van der Waals surface area contributed by atoms with Crippen LogP contribution < -0.4 is 10.2 Å². The van der Waals surface area contributed by atoms with Gasteiger partial charge in [0.1, 0.15) is 5.69 Å². The highest BCUT2D eigenvalue weighted by Crippen LogP contribution is 2.12. The van der Waals surface area contributed by atoms with Crippen LogP contribution in [0.25, 0.3) is 0 Å². The fourth-order valence-corrected chi connectivity index (χ4v) is 2.96. The maximum absolute atomic E-state index is 12.2. The van der Waals surface area contributed by atoms with E-state index in [2.05, 4.69) is 25.1 Å². The number of morpholine rings is 1. The van der Waals surface area contributed by atoms with Crippen LogP contribution in [0.5, 0.6) is 0 Å². The smallest absolute Gasteiger partial charge is 0.269 e. The van der Waals surface area contributed by atoms with Crippen molar-refractivity contribution in [2.45, 2.75) is 6.42 Å². The molecule has 3 rings (SSSR count). The molecule has 7 heteroatoms. The van der Waals surface area contributed by atoms with Gasteiger partial charge in [-0.3, -0.25) is 14.7 Å². The van der Waals surface area contributed by atoms with E-state index in [1.54, 1.807) is 12.3 Å². The molecule has 1 aliphatic heterocycles. The van der Waals surface area contributed by atoms with E-state index in [9.17, 15) is 4.79 Å². The Morgan fingerprint density at radius 2 is 2.00 bits per heavy atom. The number of hydrogen-bond acceptors (Lipinski definition) is 6. The van der Waals surface area contributed by atoms with Crippen LogP contribution in [-0.2, 0) is 11.2 Å². The largest absolute Gasteiger partial charge is 0.379 e. The summed E-state index contributed by atoms with van der Waals surface area (Å²) in [5.41, 5.74) is 2.69. The van der Waals surface area contributed by atoms with Crippen molar-refractivity contribution in [1.82, 2.24) is 20.2 Å². The van der Waals surface area contributed by atoms with Gasteiger partial charge in [-0.15, -0.1) is 0 Å². The second kappa shape index (κ2) is 9.99. The summed E-state index contributed by atoms with van der Waals surface area (Å²) in [7, 11) is 2.03. The summed E-state index contributed by atoms with van der Waals surface area (Å²) >= 11 is 0. The van der Waals surface area contributed by atoms with Crippen LogP contribution in [0.1, 0.15) is 16.1 Å². The molecule has 0 spiro atoms. The Morgan fingerprint density at radius 3 is 2.70 bits per heavy atom. The highest BCUT2D eigenvalue weighted by Gasteiger charge is 2.12. The maximum Gasteiger partial charge on any atom is 0.269 e. The first-order chi connectivity index (χ1) is 13.2. The van der Waals surface area contributed by atoms with Crippen LogP contribution in [0, 0.1) is 0 Å². The number of ether oxygens (including phenoxy) is 1. The zero-order valence-electron chi connectivity index (χ0n) is 15.8. The van der Waals surface area contributed by atoms with Crippen molar-refractivity contribution in [3.05, 3.63) is 54.1 Å². The average Bonchev–Trinajstić information content (AvgIpc) is 2.73. The van der Waals surface area contributed by atoms with Crippen molar-refractivity contribution in [1.29, 1.82) is 0 Å². The minimum absolute atomic E-state index is 0.130. The number of likely N-dealkylation sites (N-methyl/N-ethyl adjacent to an activating group) is 1. The van der Waals surface area contributed by atoms with E-state index in [0.717, 1.165) is 51.5 Å².